The number of nitrogens with two attached hydrogens (primary N) is 2. The summed E-state index contributed by atoms with van der Waals surface area (Å²) in [6, 6.07) is 6.30. The van der Waals surface area contributed by atoms with Crippen molar-refractivity contribution < 1.29 is 9.59 Å². The van der Waals surface area contributed by atoms with E-state index >= 15 is 0 Å². The Hall–Kier alpha value is -2.83. The molecule has 2 amide bonds. The second-order valence-electron chi connectivity index (χ2n) is 4.56. The third-order valence-corrected chi connectivity index (χ3v) is 3.12. The average molecular weight is 287 g/mol. The number of primary amides is 1. The number of benzene rings is 1. The molecule has 0 radical (unpaired) electrons. The Labute approximate surface area is 121 Å². The van der Waals surface area contributed by atoms with Gasteiger partial charge in [0.15, 0.2) is 0 Å². The van der Waals surface area contributed by atoms with E-state index in [0.717, 1.165) is 0 Å². The number of amides is 2. The van der Waals surface area contributed by atoms with Crippen LogP contribution in [0.1, 0.15) is 33.5 Å². The van der Waals surface area contributed by atoms with Crippen LogP contribution in [0.5, 0.6) is 0 Å². The van der Waals surface area contributed by atoms with Gasteiger partial charge in [-0.25, -0.2) is 0 Å². The Balaban J connectivity index is 2.24. The topological polar surface area (TPSA) is 116 Å². The van der Waals surface area contributed by atoms with E-state index in [-0.39, 0.29) is 5.91 Å². The Morgan fingerprint density at radius 1 is 1.29 bits per heavy atom. The van der Waals surface area contributed by atoms with Gasteiger partial charge in [0, 0.05) is 17.8 Å². The van der Waals surface area contributed by atoms with Crippen molar-refractivity contribution in [1.82, 2.24) is 9.78 Å². The first-order valence-corrected chi connectivity index (χ1v) is 6.48. The molecule has 0 bridgehead atoms. The molecule has 0 spiro atoms. The molecule has 7 heteroatoms. The highest BCUT2D eigenvalue weighted by Crippen LogP contribution is 2.18. The van der Waals surface area contributed by atoms with E-state index in [1.165, 1.54) is 0 Å². The molecule has 0 fully saturated rings. The van der Waals surface area contributed by atoms with Crippen molar-refractivity contribution in [2.24, 2.45) is 5.73 Å². The Bertz CT molecular complexity index is 688. The normalized spacial score (nSPS) is 10.4. The van der Waals surface area contributed by atoms with E-state index in [1.54, 1.807) is 35.9 Å². The Morgan fingerprint density at radius 2 is 1.90 bits per heavy atom. The summed E-state index contributed by atoms with van der Waals surface area (Å²) in [6.45, 7) is 4.17. The van der Waals surface area contributed by atoms with Gasteiger partial charge in [-0.15, -0.1) is 0 Å². The highest BCUT2D eigenvalue weighted by Gasteiger charge is 2.19. The summed E-state index contributed by atoms with van der Waals surface area (Å²) in [5.41, 5.74) is 13.3. The number of aromatic nitrogens is 2. The monoisotopic (exact) mass is 287 g/mol. The lowest BCUT2D eigenvalue weighted by Crippen LogP contribution is -2.19. The number of nitrogen functional groups attached to an aromatic ring is 1. The molecular formula is C14H17N5O2. The van der Waals surface area contributed by atoms with Crippen LogP contribution < -0.4 is 16.8 Å². The molecule has 0 aliphatic rings. The summed E-state index contributed by atoms with van der Waals surface area (Å²) in [7, 11) is 0. The fraction of sp³-hybridized carbons (Fsp3) is 0.214. The maximum absolute atomic E-state index is 12.3. The quantitative estimate of drug-likeness (QED) is 0.781. The number of carbonyl (C=O) groups is 2. The summed E-state index contributed by atoms with van der Waals surface area (Å²) in [5.74, 6) is -0.862. The van der Waals surface area contributed by atoms with Gasteiger partial charge in [0.1, 0.15) is 5.69 Å². The zero-order valence-electron chi connectivity index (χ0n) is 11.9. The molecule has 0 aliphatic carbocycles. The third kappa shape index (κ3) is 2.86. The molecule has 1 heterocycles. The van der Waals surface area contributed by atoms with Crippen LogP contribution in [0, 0.1) is 6.92 Å². The maximum Gasteiger partial charge on any atom is 0.276 e. The van der Waals surface area contributed by atoms with Crippen LogP contribution >= 0.6 is 0 Å². The molecular weight excluding hydrogens is 270 g/mol. The molecule has 2 aromatic rings. The van der Waals surface area contributed by atoms with Gasteiger partial charge in [-0.3, -0.25) is 14.3 Å². The first-order chi connectivity index (χ1) is 9.93. The number of aryl methyl sites for hydroxylation is 2. The lowest BCUT2D eigenvalue weighted by Gasteiger charge is -2.08. The van der Waals surface area contributed by atoms with E-state index in [4.69, 9.17) is 11.5 Å². The number of hydrogen-bond donors (Lipinski definition) is 3. The Morgan fingerprint density at radius 3 is 2.43 bits per heavy atom. The predicted octanol–water partition coefficient (Wildman–Crippen LogP) is 1.14. The number of nitrogens with one attached hydrogen (secondary N) is 1. The minimum Gasteiger partial charge on any atom is -0.395 e. The van der Waals surface area contributed by atoms with Crippen LogP contribution in [-0.2, 0) is 6.54 Å². The maximum atomic E-state index is 12.3. The second kappa shape index (κ2) is 5.66. The molecule has 5 N–H and O–H groups in total. The van der Waals surface area contributed by atoms with Gasteiger partial charge < -0.3 is 16.8 Å². The van der Waals surface area contributed by atoms with Crippen molar-refractivity contribution in [1.29, 1.82) is 0 Å². The van der Waals surface area contributed by atoms with Gasteiger partial charge in [-0.05, 0) is 38.1 Å². The van der Waals surface area contributed by atoms with Crippen LogP contribution in [0.15, 0.2) is 24.3 Å². The average Bonchev–Trinajstić information content (AvgIpc) is 2.74. The van der Waals surface area contributed by atoms with Crippen molar-refractivity contribution in [3.63, 3.8) is 0 Å². The third-order valence-electron chi connectivity index (χ3n) is 3.12. The fourth-order valence-corrected chi connectivity index (χ4v) is 1.97. The highest BCUT2D eigenvalue weighted by atomic mass is 16.2. The van der Waals surface area contributed by atoms with Gasteiger partial charge in [0.25, 0.3) is 5.91 Å². The van der Waals surface area contributed by atoms with Gasteiger partial charge in [-0.2, -0.15) is 5.10 Å². The molecule has 0 unspecified atom stereocenters. The lowest BCUT2D eigenvalue weighted by molar-refractivity contribution is 0.0997. The summed E-state index contributed by atoms with van der Waals surface area (Å²) >= 11 is 0. The fourth-order valence-electron chi connectivity index (χ4n) is 1.97. The number of nitrogens with zero attached hydrogens (tertiary/aromatic N) is 2. The first kappa shape index (κ1) is 14.6. The van der Waals surface area contributed by atoms with Crippen molar-refractivity contribution in [3.8, 4) is 0 Å². The summed E-state index contributed by atoms with van der Waals surface area (Å²) in [4.78, 5) is 23.3. The van der Waals surface area contributed by atoms with E-state index in [2.05, 4.69) is 10.4 Å². The summed E-state index contributed by atoms with van der Waals surface area (Å²) < 4.78 is 1.55. The lowest BCUT2D eigenvalue weighted by atomic mass is 10.2. The van der Waals surface area contributed by atoms with Crippen LogP contribution in [0.3, 0.4) is 0 Å². The zero-order valence-corrected chi connectivity index (χ0v) is 11.9. The minimum atomic E-state index is -0.517. The predicted molar refractivity (Wildman–Crippen MR) is 80.0 cm³/mol. The van der Waals surface area contributed by atoms with Crippen molar-refractivity contribution in [2.45, 2.75) is 20.4 Å². The smallest absolute Gasteiger partial charge is 0.276 e. The largest absolute Gasteiger partial charge is 0.395 e. The Kier molecular flexibility index (Phi) is 3.93. The standard InChI is InChI=1S/C14H17N5O2/c1-3-19-12(11(15)8(2)18-19)14(21)17-10-6-4-9(5-7-10)13(16)20/h4-7H,3,15H2,1-2H3,(H2,16,20)(H,17,21). The number of hydrogen-bond acceptors (Lipinski definition) is 4. The molecule has 0 saturated carbocycles. The van der Waals surface area contributed by atoms with Crippen molar-refractivity contribution >= 4 is 23.2 Å². The van der Waals surface area contributed by atoms with Crippen LogP contribution in [-0.4, -0.2) is 21.6 Å². The van der Waals surface area contributed by atoms with E-state index in [0.29, 0.717) is 34.9 Å². The van der Waals surface area contributed by atoms with Crippen molar-refractivity contribution in [2.75, 3.05) is 11.1 Å². The van der Waals surface area contributed by atoms with Crippen LogP contribution in [0.4, 0.5) is 11.4 Å². The van der Waals surface area contributed by atoms with Crippen molar-refractivity contribution in [3.05, 3.63) is 41.2 Å². The SMILES string of the molecule is CCn1nc(C)c(N)c1C(=O)Nc1ccc(C(N)=O)cc1. The molecule has 21 heavy (non-hydrogen) atoms. The minimum absolute atomic E-state index is 0.328. The van der Waals surface area contributed by atoms with Crippen LogP contribution in [0.2, 0.25) is 0 Å². The van der Waals surface area contributed by atoms with E-state index < -0.39 is 5.91 Å². The molecule has 0 aliphatic heterocycles. The van der Waals surface area contributed by atoms with E-state index in [9.17, 15) is 9.59 Å². The second-order valence-corrected chi connectivity index (χ2v) is 4.56. The summed E-state index contributed by atoms with van der Waals surface area (Å²) in [6.07, 6.45) is 0. The molecule has 0 saturated heterocycles. The van der Waals surface area contributed by atoms with Gasteiger partial charge in [-0.1, -0.05) is 0 Å². The molecule has 7 nitrogen and oxygen atoms in total. The number of carbonyl (C=O) groups excluding carboxylic acids is 2. The first-order valence-electron chi connectivity index (χ1n) is 6.48. The number of rotatable bonds is 4. The number of anilines is 2. The summed E-state index contributed by atoms with van der Waals surface area (Å²) in [5, 5.41) is 6.92. The van der Waals surface area contributed by atoms with Crippen LogP contribution in [0.25, 0.3) is 0 Å². The van der Waals surface area contributed by atoms with Gasteiger partial charge in [0.05, 0.1) is 11.4 Å². The molecule has 1 aromatic carbocycles. The molecule has 110 valence electrons. The molecule has 0 atom stereocenters. The zero-order chi connectivity index (χ0) is 15.6. The molecule has 2 rings (SSSR count). The van der Waals surface area contributed by atoms with Gasteiger partial charge >= 0.3 is 0 Å². The highest BCUT2D eigenvalue weighted by molar-refractivity contribution is 6.07. The van der Waals surface area contributed by atoms with E-state index in [1.807, 2.05) is 6.92 Å². The van der Waals surface area contributed by atoms with Gasteiger partial charge in [0.2, 0.25) is 5.91 Å². The molecule has 1 aromatic heterocycles.